The van der Waals surface area contributed by atoms with Crippen LogP contribution < -0.4 is 5.32 Å². The van der Waals surface area contributed by atoms with Gasteiger partial charge in [-0.2, -0.15) is 10.5 Å². The molecule has 0 bridgehead atoms. The third-order valence-electron chi connectivity index (χ3n) is 3.03. The standard InChI is InChI=1S/C14H3Cl5N4O2/c15-8-1-5(23(24)25)2-9(16)13(8)22-14-11(18)7(4-21)6(3-20)10(17)12(14)19/h1-2,22H. The first-order valence-electron chi connectivity index (χ1n) is 6.14. The Hall–Kier alpha value is -1.93. The summed E-state index contributed by atoms with van der Waals surface area (Å²) in [6, 6.07) is 5.68. The van der Waals surface area contributed by atoms with E-state index in [2.05, 4.69) is 5.32 Å². The largest absolute Gasteiger partial charge is 0.351 e. The molecule has 25 heavy (non-hydrogen) atoms. The second-order valence-electron chi connectivity index (χ2n) is 4.46. The molecule has 0 radical (unpaired) electrons. The summed E-state index contributed by atoms with van der Waals surface area (Å²) in [5.41, 5.74) is -0.613. The number of hydrogen-bond donors (Lipinski definition) is 1. The zero-order valence-electron chi connectivity index (χ0n) is 11.7. The lowest BCUT2D eigenvalue weighted by molar-refractivity contribution is -0.384. The zero-order valence-corrected chi connectivity index (χ0v) is 15.5. The van der Waals surface area contributed by atoms with Crippen LogP contribution in [0.25, 0.3) is 0 Å². The van der Waals surface area contributed by atoms with Gasteiger partial charge in [-0.05, 0) is 0 Å². The third-order valence-corrected chi connectivity index (χ3v) is 4.86. The molecule has 11 heteroatoms. The van der Waals surface area contributed by atoms with Crippen molar-refractivity contribution in [2.45, 2.75) is 0 Å². The fourth-order valence-corrected chi connectivity index (χ4v) is 3.25. The van der Waals surface area contributed by atoms with Crippen molar-refractivity contribution in [2.24, 2.45) is 0 Å². The molecule has 0 saturated carbocycles. The monoisotopic (exact) mass is 434 g/mol. The predicted molar refractivity (Wildman–Crippen MR) is 97.3 cm³/mol. The Morgan fingerprint density at radius 3 is 1.80 bits per heavy atom. The first-order valence-corrected chi connectivity index (χ1v) is 8.03. The first kappa shape index (κ1) is 19.4. The smallest absolute Gasteiger partial charge is 0.272 e. The first-order chi connectivity index (χ1) is 11.7. The van der Waals surface area contributed by atoms with Gasteiger partial charge in [-0.15, -0.1) is 0 Å². The fraction of sp³-hybridized carbons (Fsp3) is 0. The van der Waals surface area contributed by atoms with Crippen molar-refractivity contribution in [2.75, 3.05) is 5.32 Å². The van der Waals surface area contributed by atoms with Crippen molar-refractivity contribution < 1.29 is 4.92 Å². The summed E-state index contributed by atoms with van der Waals surface area (Å²) in [4.78, 5) is 10.2. The minimum Gasteiger partial charge on any atom is -0.351 e. The SMILES string of the molecule is N#Cc1c(Cl)c(Cl)c(Nc2c(Cl)cc([N+](=O)[O-])cc2Cl)c(Cl)c1C#N. The Labute approximate surface area is 166 Å². The van der Waals surface area contributed by atoms with Gasteiger partial charge in [0.05, 0.1) is 52.5 Å². The van der Waals surface area contributed by atoms with Crippen LogP contribution in [-0.4, -0.2) is 4.92 Å². The summed E-state index contributed by atoms with van der Waals surface area (Å²) in [5, 5.41) is 31.2. The van der Waals surface area contributed by atoms with E-state index in [0.717, 1.165) is 12.1 Å². The van der Waals surface area contributed by atoms with Gasteiger partial charge in [0.25, 0.3) is 5.69 Å². The molecule has 1 N–H and O–H groups in total. The quantitative estimate of drug-likeness (QED) is 0.343. The van der Waals surface area contributed by atoms with E-state index in [-0.39, 0.29) is 53.3 Å². The van der Waals surface area contributed by atoms with E-state index in [1.807, 2.05) is 0 Å². The van der Waals surface area contributed by atoms with E-state index < -0.39 is 4.92 Å². The van der Waals surface area contributed by atoms with Gasteiger partial charge in [0.1, 0.15) is 12.1 Å². The van der Waals surface area contributed by atoms with Gasteiger partial charge in [0.2, 0.25) is 0 Å². The van der Waals surface area contributed by atoms with Crippen LogP contribution in [0.1, 0.15) is 11.1 Å². The maximum absolute atomic E-state index is 10.8. The zero-order chi connectivity index (χ0) is 18.9. The summed E-state index contributed by atoms with van der Waals surface area (Å²) in [6.07, 6.45) is 0. The molecule has 0 spiro atoms. The number of non-ortho nitro benzene ring substituents is 1. The molecule has 2 aromatic rings. The number of nitrogens with one attached hydrogen (secondary N) is 1. The lowest BCUT2D eigenvalue weighted by atomic mass is 10.1. The van der Waals surface area contributed by atoms with Gasteiger partial charge in [-0.1, -0.05) is 58.0 Å². The van der Waals surface area contributed by atoms with Crippen molar-refractivity contribution in [1.82, 2.24) is 0 Å². The van der Waals surface area contributed by atoms with Gasteiger partial charge in [-0.25, -0.2) is 0 Å². The maximum Gasteiger partial charge on any atom is 0.272 e. The third kappa shape index (κ3) is 3.55. The number of rotatable bonds is 3. The van der Waals surface area contributed by atoms with Gasteiger partial charge >= 0.3 is 0 Å². The number of nitrogens with zero attached hydrogens (tertiary/aromatic N) is 3. The van der Waals surface area contributed by atoms with Gasteiger partial charge in [-0.3, -0.25) is 10.1 Å². The van der Waals surface area contributed by atoms with E-state index in [1.54, 1.807) is 12.1 Å². The Morgan fingerprint density at radius 2 is 1.36 bits per heavy atom. The average molecular weight is 436 g/mol. The van der Waals surface area contributed by atoms with Gasteiger partial charge in [0, 0.05) is 12.1 Å². The number of halogens is 5. The minimum atomic E-state index is -0.659. The average Bonchev–Trinajstić information content (AvgIpc) is 2.56. The number of hydrogen-bond acceptors (Lipinski definition) is 5. The van der Waals surface area contributed by atoms with Crippen LogP contribution in [-0.2, 0) is 0 Å². The second kappa shape index (κ2) is 7.53. The highest BCUT2D eigenvalue weighted by Crippen LogP contribution is 2.45. The summed E-state index contributed by atoms with van der Waals surface area (Å²) < 4.78 is 0. The lowest BCUT2D eigenvalue weighted by Gasteiger charge is -2.16. The van der Waals surface area contributed by atoms with E-state index in [9.17, 15) is 15.4 Å². The van der Waals surface area contributed by atoms with Crippen molar-refractivity contribution in [1.29, 1.82) is 10.5 Å². The number of anilines is 2. The van der Waals surface area contributed by atoms with Crippen LogP contribution in [0.3, 0.4) is 0 Å². The maximum atomic E-state index is 10.8. The second-order valence-corrected chi connectivity index (χ2v) is 6.41. The Morgan fingerprint density at radius 1 is 0.880 bits per heavy atom. The molecule has 0 aliphatic rings. The van der Waals surface area contributed by atoms with Crippen LogP contribution in [0.2, 0.25) is 25.1 Å². The highest BCUT2D eigenvalue weighted by atomic mass is 35.5. The number of nitro benzene ring substituents is 1. The molecule has 2 rings (SSSR count). The van der Waals surface area contributed by atoms with Crippen LogP contribution in [0.15, 0.2) is 12.1 Å². The summed E-state index contributed by atoms with van der Waals surface area (Å²) in [5.74, 6) is 0. The van der Waals surface area contributed by atoms with Gasteiger partial charge in [0.15, 0.2) is 0 Å². The molecule has 0 heterocycles. The van der Waals surface area contributed by atoms with Crippen LogP contribution in [0.5, 0.6) is 0 Å². The van der Waals surface area contributed by atoms with Crippen molar-refractivity contribution in [3.8, 4) is 12.1 Å². The summed E-state index contributed by atoms with van der Waals surface area (Å²) >= 11 is 30.3. The molecule has 0 unspecified atom stereocenters. The number of nitro groups is 1. The molecule has 0 saturated heterocycles. The van der Waals surface area contributed by atoms with Crippen LogP contribution >= 0.6 is 58.0 Å². The van der Waals surface area contributed by atoms with E-state index >= 15 is 0 Å². The summed E-state index contributed by atoms with van der Waals surface area (Å²) in [6.45, 7) is 0. The molecule has 0 aliphatic carbocycles. The predicted octanol–water partition coefficient (Wildman–Crippen LogP) is 6.35. The van der Waals surface area contributed by atoms with Crippen LogP contribution in [0, 0.1) is 32.8 Å². The van der Waals surface area contributed by atoms with E-state index in [0.29, 0.717) is 0 Å². The molecule has 0 fully saturated rings. The molecular weight excluding hydrogens is 433 g/mol. The molecular formula is C14H3Cl5N4O2. The molecule has 126 valence electrons. The molecule has 2 aromatic carbocycles. The number of nitriles is 2. The number of benzene rings is 2. The highest BCUT2D eigenvalue weighted by molar-refractivity contribution is 6.48. The molecule has 6 nitrogen and oxygen atoms in total. The summed E-state index contributed by atoms with van der Waals surface area (Å²) in [7, 11) is 0. The van der Waals surface area contributed by atoms with Crippen molar-refractivity contribution in [3.63, 3.8) is 0 Å². The van der Waals surface area contributed by atoms with Gasteiger partial charge < -0.3 is 5.32 Å². The highest BCUT2D eigenvalue weighted by Gasteiger charge is 2.23. The Kier molecular flexibility index (Phi) is 5.84. The molecule has 0 amide bonds. The normalized spacial score (nSPS) is 10.0. The van der Waals surface area contributed by atoms with Crippen molar-refractivity contribution >= 4 is 75.1 Å². The minimum absolute atomic E-state index is 0.0125. The fourth-order valence-electron chi connectivity index (χ4n) is 1.89. The molecule has 0 aromatic heterocycles. The van der Waals surface area contributed by atoms with Crippen LogP contribution in [0.4, 0.5) is 17.1 Å². The van der Waals surface area contributed by atoms with Crippen molar-refractivity contribution in [3.05, 3.63) is 58.5 Å². The Balaban J connectivity index is 2.68. The molecule has 0 aliphatic heterocycles. The lowest BCUT2D eigenvalue weighted by Crippen LogP contribution is -2.00. The topological polar surface area (TPSA) is 103 Å². The van der Waals surface area contributed by atoms with E-state index in [1.165, 1.54) is 0 Å². The van der Waals surface area contributed by atoms with E-state index in [4.69, 9.17) is 63.3 Å². The molecule has 0 atom stereocenters. The Bertz CT molecular complexity index is 971.